The number of carbonyl (C=O) groups is 4. The normalized spacial score (nSPS) is 16.5. The van der Waals surface area contributed by atoms with Crippen molar-refractivity contribution < 1.29 is 61.0 Å². The number of aliphatic hydroxyl groups excluding tert-OH is 1. The molecular weight excluding hydrogens is 1340 g/mol. The molecule has 7 N–H and O–H groups in total. The Kier molecular flexibility index (Phi) is 32.2. The van der Waals surface area contributed by atoms with E-state index in [1.165, 1.54) is 73.2 Å². The molecule has 6 aliphatic heterocycles. The Morgan fingerprint density at radius 3 is 1.27 bits per heavy atom. The first-order valence-electron chi connectivity index (χ1n) is 33.4. The number of Topliss-reactive ketones (excluding diaryl/α,β-unsaturated/α-hetero) is 3. The van der Waals surface area contributed by atoms with Gasteiger partial charge in [0.15, 0.2) is 17.8 Å². The van der Waals surface area contributed by atoms with Crippen LogP contribution in [0.4, 0.5) is 34.9 Å². The van der Waals surface area contributed by atoms with Crippen LogP contribution in [0.25, 0.3) is 0 Å². The molecule has 3 saturated heterocycles. The van der Waals surface area contributed by atoms with Crippen LogP contribution in [0.2, 0.25) is 0 Å². The molecule has 25 nitrogen and oxygen atoms in total. The topological polar surface area (TPSA) is 325 Å². The summed E-state index contributed by atoms with van der Waals surface area (Å²) in [6, 6.07) is 25.6. The average molecular weight is 1430 g/mol. The van der Waals surface area contributed by atoms with E-state index in [1.807, 2.05) is 29.2 Å². The Morgan fingerprint density at radius 1 is 0.490 bits per heavy atom. The van der Waals surface area contributed by atoms with E-state index in [1.54, 1.807) is 4.90 Å². The molecule has 1 unspecified atom stereocenters. The number of aromatic nitrogens is 6. The van der Waals surface area contributed by atoms with Crippen molar-refractivity contribution in [1.29, 1.82) is 0 Å². The van der Waals surface area contributed by atoms with Gasteiger partial charge >= 0.3 is 40.5 Å². The van der Waals surface area contributed by atoms with Gasteiger partial charge in [0.05, 0.1) is 32.9 Å². The average Bonchev–Trinajstić information content (AvgIpc) is 0.820. The van der Waals surface area contributed by atoms with E-state index in [9.17, 15) is 24.3 Å². The Bertz CT molecular complexity index is 3650. The third-order valence-electron chi connectivity index (χ3n) is 17.4. The zero-order valence-electron chi connectivity index (χ0n) is 55.8. The number of halogens is 2. The van der Waals surface area contributed by atoms with Gasteiger partial charge in [-0.1, -0.05) is 120 Å². The molecule has 0 bridgehead atoms. The summed E-state index contributed by atoms with van der Waals surface area (Å²) in [4.78, 5) is 88.6. The van der Waals surface area contributed by atoms with Gasteiger partial charge < -0.3 is 46.3 Å². The van der Waals surface area contributed by atoms with Crippen molar-refractivity contribution in [1.82, 2.24) is 44.6 Å². The van der Waals surface area contributed by atoms with Gasteiger partial charge in [-0.3, -0.25) is 38.8 Å². The van der Waals surface area contributed by atoms with Gasteiger partial charge in [-0.15, -0.1) is 24.8 Å². The van der Waals surface area contributed by atoms with Crippen molar-refractivity contribution in [3.05, 3.63) is 123 Å². The predicted octanol–water partition coefficient (Wildman–Crippen LogP) is 8.98. The van der Waals surface area contributed by atoms with Crippen LogP contribution in [0.5, 0.6) is 18.0 Å². The molecule has 0 spiro atoms. The third kappa shape index (κ3) is 22.2. The number of aliphatic hydroxyl groups is 1. The first-order chi connectivity index (χ1) is 46.1. The summed E-state index contributed by atoms with van der Waals surface area (Å²) >= 11 is -1.44. The molecule has 12 rings (SSSR count). The number of hydrogen-bond donors (Lipinski definition) is 4. The van der Waals surface area contributed by atoms with E-state index in [0.29, 0.717) is 79.6 Å². The maximum absolute atomic E-state index is 12.8. The molecule has 3 fully saturated rings. The second kappa shape index (κ2) is 39.8. The van der Waals surface area contributed by atoms with Crippen LogP contribution in [-0.2, 0) is 100 Å². The summed E-state index contributed by atoms with van der Waals surface area (Å²) in [5.74, 6) is 1.05. The van der Waals surface area contributed by atoms with Crippen LogP contribution in [-0.4, -0.2) is 145 Å². The molecule has 0 aliphatic carbocycles. The number of nitrogens with zero attached hydrogens (tertiary/aromatic N) is 12. The van der Waals surface area contributed by atoms with Gasteiger partial charge in [0.2, 0.25) is 5.78 Å². The summed E-state index contributed by atoms with van der Waals surface area (Å²) in [6.07, 6.45) is 12.2. The molecule has 3 aromatic carbocycles. The van der Waals surface area contributed by atoms with Crippen LogP contribution < -0.4 is 46.1 Å². The summed E-state index contributed by atoms with van der Waals surface area (Å²) in [5.41, 5.74) is 27.0. The summed E-state index contributed by atoms with van der Waals surface area (Å²) in [6.45, 7) is 18.9. The molecule has 9 heterocycles. The van der Waals surface area contributed by atoms with E-state index in [-0.39, 0.29) is 93.3 Å². The zero-order valence-corrected chi connectivity index (χ0v) is 58.7. The Labute approximate surface area is 593 Å². The van der Waals surface area contributed by atoms with E-state index in [2.05, 4.69) is 114 Å². The molecule has 6 aromatic rings. The van der Waals surface area contributed by atoms with Crippen LogP contribution in [0.1, 0.15) is 155 Å². The summed E-state index contributed by atoms with van der Waals surface area (Å²) < 4.78 is 33.8. The van der Waals surface area contributed by atoms with Crippen LogP contribution in [0, 0.1) is 0 Å². The second-order valence-electron chi connectivity index (χ2n) is 24.9. The number of amides is 1. The second-order valence-corrected chi connectivity index (χ2v) is 25.1. The number of anilines is 6. The molecule has 0 radical (unpaired) electrons. The quantitative estimate of drug-likeness (QED) is 0.0249. The van der Waals surface area contributed by atoms with Crippen LogP contribution in [0.3, 0.4) is 0 Å². The van der Waals surface area contributed by atoms with Crippen molar-refractivity contribution in [3.63, 3.8) is 0 Å². The van der Waals surface area contributed by atoms with Gasteiger partial charge in [0, 0.05) is 68.7 Å². The third-order valence-corrected chi connectivity index (χ3v) is 17.4. The number of fused-ring (bicyclic) bond motifs is 3. The Hall–Kier alpha value is -7.68. The van der Waals surface area contributed by atoms with Gasteiger partial charge in [-0.05, 0) is 130 Å². The number of hydrogen-bond acceptors (Lipinski definition) is 24. The van der Waals surface area contributed by atoms with Crippen molar-refractivity contribution >= 4 is 83.0 Å². The zero-order chi connectivity index (χ0) is 67.2. The fourth-order valence-electron chi connectivity index (χ4n) is 12.4. The standard InChI is InChI=1S/C23H31N5O3.C23H29N5O3.C23H31N5O2.CH4.2ClH.Mn.2O/c2*1-2-3-11-31-23-25-20(24)18-13-19(29)22(30)28(21(18)26-23)15-17-8-6-7-16(12-17)14-27-9-4-5-10-27;1-2-3-11-30-23-25-21(24)20-13-19(29)16-28(22(20)26-23)15-18-8-6-7-17(12-18)14-27-9-4-5-10-27;;;;;;/h6-8,12,22,30H,2-5,9-11,13-15H2,1H3,(H2,24,25,26);6-8,12H,2-5,9-11,13-15H2,1H3,(H2,24,25,26);6-8,12H,2-5,9-11,13-16H2,1H3,(H2,24,25,26);1H4;2*1H;;;. The van der Waals surface area contributed by atoms with E-state index in [4.69, 9.17) is 39.1 Å². The fraction of sp³-hybridized carbons (Fsp3) is 0.514. The van der Waals surface area contributed by atoms with Crippen LogP contribution >= 0.6 is 24.8 Å². The number of nitrogen functional groups attached to an aromatic ring is 3. The molecule has 98 heavy (non-hydrogen) atoms. The molecule has 6 aliphatic rings. The first kappa shape index (κ1) is 79.3. The summed E-state index contributed by atoms with van der Waals surface area (Å²) in [5, 5.41) is 10.7. The molecule has 533 valence electrons. The summed E-state index contributed by atoms with van der Waals surface area (Å²) in [7, 11) is 0. The Balaban J connectivity index is 0.000000224. The van der Waals surface area contributed by atoms with Crippen molar-refractivity contribution in [2.24, 2.45) is 0 Å². The van der Waals surface area contributed by atoms with Crippen molar-refractivity contribution in [3.8, 4) is 18.0 Å². The maximum atomic E-state index is 12.8. The molecule has 1 amide bonds. The number of likely N-dealkylation sites (tertiary alicyclic amines) is 3. The van der Waals surface area contributed by atoms with Crippen LogP contribution in [0.15, 0.2) is 72.8 Å². The number of carbonyl (C=O) groups excluding carboxylic acids is 4. The molecule has 0 saturated carbocycles. The SMILES string of the molecule is C.CCCCOc1nc(N)c2c(n1)N(Cc1cccc(CN3CCCC3)c1)C(=O)C(=O)C2.CCCCOc1nc(N)c2c(n1)N(Cc1cccc(CN3CCCC3)c1)C(O)C(=O)C2.CCCCOc1nc(N)c2c(n1)N(Cc1cccc(CN3CCCC3)c1)CC(=O)C2.Cl.Cl.[O]=[Mn]=[O]. The number of nitrogens with two attached hydrogens (primary N) is 3. The number of benzene rings is 3. The number of ether oxygens (including phenoxy) is 3. The Morgan fingerprint density at radius 2 is 0.847 bits per heavy atom. The van der Waals surface area contributed by atoms with Crippen molar-refractivity contribution in [2.75, 3.05) is 97.5 Å². The van der Waals surface area contributed by atoms with Gasteiger partial charge in [0.25, 0.3) is 5.91 Å². The van der Waals surface area contributed by atoms with Gasteiger partial charge in [-0.2, -0.15) is 29.9 Å². The monoisotopic (exact) mass is 1430 g/mol. The molecule has 3 aromatic heterocycles. The van der Waals surface area contributed by atoms with Gasteiger partial charge in [0.1, 0.15) is 34.9 Å². The minimum absolute atomic E-state index is 0. The van der Waals surface area contributed by atoms with Gasteiger partial charge in [-0.25, -0.2) is 0 Å². The first-order valence-corrected chi connectivity index (χ1v) is 34.4. The molecule has 1 atom stereocenters. The molecular formula is C70H97Cl2MnN15O10. The van der Waals surface area contributed by atoms with E-state index >= 15 is 0 Å². The predicted molar refractivity (Wildman–Crippen MR) is 377 cm³/mol. The molecule has 28 heteroatoms. The number of rotatable bonds is 24. The number of unbranched alkanes of at least 4 members (excludes halogenated alkanes) is 3. The van der Waals surface area contributed by atoms with E-state index in [0.717, 1.165) is 107 Å². The number of ketones is 3. The van der Waals surface area contributed by atoms with Crippen molar-refractivity contribution in [2.45, 2.75) is 170 Å². The van der Waals surface area contributed by atoms with E-state index < -0.39 is 32.7 Å². The minimum atomic E-state index is -1.44. The fourth-order valence-corrected chi connectivity index (χ4v) is 12.4.